The van der Waals surface area contributed by atoms with Crippen LogP contribution in [0.1, 0.15) is 26.3 Å². The molecule has 148 valence electrons. The molecule has 0 radical (unpaired) electrons. The van der Waals surface area contributed by atoms with Gasteiger partial charge in [-0.1, -0.05) is 12.1 Å². The minimum Gasteiger partial charge on any atom is -0.444 e. The molecule has 1 unspecified atom stereocenters. The van der Waals surface area contributed by atoms with E-state index in [1.165, 1.54) is 12.1 Å². The number of aliphatic hydroxyl groups is 1. The number of amides is 1. The summed E-state index contributed by atoms with van der Waals surface area (Å²) in [6, 6.07) is 4.03. The third kappa shape index (κ3) is 7.08. The molecule has 1 aromatic carbocycles. The molecule has 1 rings (SSSR count). The first kappa shape index (κ1) is 22.0. The molecule has 0 fully saturated rings. The van der Waals surface area contributed by atoms with E-state index in [1.807, 2.05) is 0 Å². The van der Waals surface area contributed by atoms with Crippen LogP contribution >= 0.6 is 0 Å². The van der Waals surface area contributed by atoms with Gasteiger partial charge in [0.05, 0.1) is 12.6 Å². The van der Waals surface area contributed by atoms with Crippen molar-refractivity contribution in [3.8, 4) is 5.75 Å². The normalized spacial score (nSPS) is 13.8. The van der Waals surface area contributed by atoms with Crippen molar-refractivity contribution in [1.82, 2.24) is 5.32 Å². The Morgan fingerprint density at radius 3 is 2.15 bits per heavy atom. The third-order valence-corrected chi connectivity index (χ3v) is 3.81. The van der Waals surface area contributed by atoms with E-state index in [-0.39, 0.29) is 6.42 Å². The number of hydrogen-bond donors (Lipinski definition) is 2. The van der Waals surface area contributed by atoms with E-state index >= 15 is 0 Å². The molecule has 2 N–H and O–H groups in total. The molecule has 26 heavy (non-hydrogen) atoms. The lowest BCUT2D eigenvalue weighted by Crippen LogP contribution is -2.42. The minimum absolute atomic E-state index is 0.141. The summed E-state index contributed by atoms with van der Waals surface area (Å²) in [5, 5.41) is 11.8. The van der Waals surface area contributed by atoms with Crippen LogP contribution in [0.5, 0.6) is 5.75 Å². The molecule has 1 aromatic rings. The molecule has 7 nitrogen and oxygen atoms in total. The fourth-order valence-electron chi connectivity index (χ4n) is 1.77. The monoisotopic (exact) mass is 399 g/mol. The van der Waals surface area contributed by atoms with Gasteiger partial charge in [0.2, 0.25) is 0 Å². The standard InChI is InChI=1S/C15H20F3NO6S/c1-14(2,3)24-13(21)19-11(9-20)8-10-4-6-12(7-5-10)25-26(22,23)15(16,17)18/h4-7,11,20H,8-9H2,1-3H3,(H,19,21). The van der Waals surface area contributed by atoms with Crippen molar-refractivity contribution in [1.29, 1.82) is 0 Å². The number of hydrogen-bond acceptors (Lipinski definition) is 6. The number of alkyl halides is 3. The molecule has 0 aliphatic carbocycles. The predicted octanol–water partition coefficient (Wildman–Crippen LogP) is 2.34. The van der Waals surface area contributed by atoms with Gasteiger partial charge in [0.25, 0.3) is 0 Å². The Labute approximate surface area is 149 Å². The SMILES string of the molecule is CC(C)(C)OC(=O)NC(CO)Cc1ccc(OS(=O)(=O)C(F)(F)F)cc1. The number of nitrogens with one attached hydrogen (secondary N) is 1. The first-order chi connectivity index (χ1) is 11.7. The van der Waals surface area contributed by atoms with Crippen LogP contribution in [0.2, 0.25) is 0 Å². The second-order valence-electron chi connectivity index (χ2n) is 6.36. The smallest absolute Gasteiger partial charge is 0.444 e. The molecule has 1 atom stereocenters. The van der Waals surface area contributed by atoms with Gasteiger partial charge >= 0.3 is 21.7 Å². The molecular formula is C15H20F3NO6S. The summed E-state index contributed by atoms with van der Waals surface area (Å²) in [5.41, 5.74) is -5.71. The van der Waals surface area contributed by atoms with Crippen LogP contribution < -0.4 is 9.50 Å². The maximum absolute atomic E-state index is 12.3. The molecule has 1 amide bonds. The van der Waals surface area contributed by atoms with Gasteiger partial charge in [0.1, 0.15) is 11.4 Å². The highest BCUT2D eigenvalue weighted by atomic mass is 32.2. The number of alkyl carbamates (subject to hydrolysis) is 1. The van der Waals surface area contributed by atoms with Gasteiger partial charge in [-0.05, 0) is 44.9 Å². The summed E-state index contributed by atoms with van der Waals surface area (Å²) >= 11 is 0. The molecule has 0 bridgehead atoms. The van der Waals surface area contributed by atoms with E-state index in [0.29, 0.717) is 5.56 Å². The van der Waals surface area contributed by atoms with Gasteiger partial charge in [-0.15, -0.1) is 0 Å². The Morgan fingerprint density at radius 2 is 1.73 bits per heavy atom. The van der Waals surface area contributed by atoms with E-state index in [4.69, 9.17) is 4.74 Å². The van der Waals surface area contributed by atoms with Crippen LogP contribution in [-0.2, 0) is 21.3 Å². The number of rotatable bonds is 6. The van der Waals surface area contributed by atoms with Gasteiger partial charge in [-0.25, -0.2) is 4.79 Å². The summed E-state index contributed by atoms with van der Waals surface area (Å²) in [4.78, 5) is 11.7. The fourth-order valence-corrected chi connectivity index (χ4v) is 2.23. The van der Waals surface area contributed by atoms with E-state index in [2.05, 4.69) is 9.50 Å². The number of halogens is 3. The first-order valence-corrected chi connectivity index (χ1v) is 8.84. The Kier molecular flexibility index (Phi) is 6.88. The minimum atomic E-state index is -5.74. The lowest BCUT2D eigenvalue weighted by atomic mass is 10.1. The summed E-state index contributed by atoms with van der Waals surface area (Å²) in [5.74, 6) is -0.508. The van der Waals surface area contributed by atoms with Crippen molar-refractivity contribution in [3.63, 3.8) is 0 Å². The van der Waals surface area contributed by atoms with E-state index in [0.717, 1.165) is 12.1 Å². The number of benzene rings is 1. The molecule has 11 heteroatoms. The van der Waals surface area contributed by atoms with Crippen molar-refractivity contribution in [2.24, 2.45) is 0 Å². The zero-order chi connectivity index (χ0) is 20.2. The average molecular weight is 399 g/mol. The van der Waals surface area contributed by atoms with Crippen LogP contribution in [0.25, 0.3) is 0 Å². The largest absolute Gasteiger partial charge is 0.534 e. The van der Waals surface area contributed by atoms with Gasteiger partial charge in [-0.2, -0.15) is 21.6 Å². The summed E-state index contributed by atoms with van der Waals surface area (Å²) in [7, 11) is -5.74. The zero-order valence-electron chi connectivity index (χ0n) is 14.3. The number of ether oxygens (including phenoxy) is 1. The highest BCUT2D eigenvalue weighted by molar-refractivity contribution is 7.88. The van der Waals surface area contributed by atoms with Gasteiger partial charge < -0.3 is 19.3 Å². The average Bonchev–Trinajstić information content (AvgIpc) is 2.45. The van der Waals surface area contributed by atoms with E-state index in [9.17, 15) is 31.5 Å². The zero-order valence-corrected chi connectivity index (χ0v) is 15.1. The third-order valence-electron chi connectivity index (χ3n) is 2.84. The maximum Gasteiger partial charge on any atom is 0.534 e. The van der Waals surface area contributed by atoms with E-state index < -0.39 is 45.7 Å². The summed E-state index contributed by atoms with van der Waals surface area (Å²) in [6.45, 7) is 4.62. The second kappa shape index (κ2) is 8.12. The summed E-state index contributed by atoms with van der Waals surface area (Å²) in [6.07, 6.45) is -0.588. The van der Waals surface area contributed by atoms with Crippen LogP contribution in [0, 0.1) is 0 Å². The number of aliphatic hydroxyl groups excluding tert-OH is 1. The number of carbonyl (C=O) groups excluding carboxylic acids is 1. The maximum atomic E-state index is 12.3. The Balaban J connectivity index is 2.72. The highest BCUT2D eigenvalue weighted by Crippen LogP contribution is 2.27. The van der Waals surface area contributed by atoms with Crippen molar-refractivity contribution in [2.45, 2.75) is 44.3 Å². The molecular weight excluding hydrogens is 379 g/mol. The Hall–Kier alpha value is -2.01. The molecule has 0 saturated carbocycles. The number of carbonyl (C=O) groups is 1. The molecule has 0 aliphatic heterocycles. The molecule has 0 aliphatic rings. The van der Waals surface area contributed by atoms with Crippen molar-refractivity contribution >= 4 is 16.2 Å². The van der Waals surface area contributed by atoms with E-state index in [1.54, 1.807) is 20.8 Å². The van der Waals surface area contributed by atoms with Crippen molar-refractivity contribution in [2.75, 3.05) is 6.61 Å². The van der Waals surface area contributed by atoms with Crippen molar-refractivity contribution < 1.29 is 40.4 Å². The lowest BCUT2D eigenvalue weighted by Gasteiger charge is -2.22. The lowest BCUT2D eigenvalue weighted by molar-refractivity contribution is -0.0500. The Bertz CT molecular complexity index is 710. The van der Waals surface area contributed by atoms with Crippen LogP contribution in [0.15, 0.2) is 24.3 Å². The molecule has 0 saturated heterocycles. The Morgan fingerprint density at radius 1 is 1.19 bits per heavy atom. The quantitative estimate of drug-likeness (QED) is 0.562. The van der Waals surface area contributed by atoms with Gasteiger partial charge in [-0.3, -0.25) is 0 Å². The van der Waals surface area contributed by atoms with Gasteiger partial charge in [0, 0.05) is 0 Å². The fraction of sp³-hybridized carbons (Fsp3) is 0.533. The van der Waals surface area contributed by atoms with Crippen LogP contribution in [0.4, 0.5) is 18.0 Å². The summed E-state index contributed by atoms with van der Waals surface area (Å²) < 4.78 is 67.7. The van der Waals surface area contributed by atoms with Crippen molar-refractivity contribution in [3.05, 3.63) is 29.8 Å². The molecule has 0 spiro atoms. The first-order valence-electron chi connectivity index (χ1n) is 7.43. The second-order valence-corrected chi connectivity index (χ2v) is 7.89. The molecule has 0 aromatic heterocycles. The highest BCUT2D eigenvalue weighted by Gasteiger charge is 2.48. The van der Waals surface area contributed by atoms with Crippen LogP contribution in [-0.4, -0.2) is 43.4 Å². The molecule has 0 heterocycles. The topological polar surface area (TPSA) is 102 Å². The van der Waals surface area contributed by atoms with Crippen LogP contribution in [0.3, 0.4) is 0 Å². The van der Waals surface area contributed by atoms with Gasteiger partial charge in [0.15, 0.2) is 0 Å². The predicted molar refractivity (Wildman–Crippen MR) is 86.0 cm³/mol.